The highest BCUT2D eigenvalue weighted by molar-refractivity contribution is 5.94. The van der Waals surface area contributed by atoms with Crippen LogP contribution >= 0.6 is 0 Å². The number of carbonyl (C=O) groups excluding carboxylic acids is 2. The van der Waals surface area contributed by atoms with E-state index in [-0.39, 0.29) is 17.9 Å². The van der Waals surface area contributed by atoms with Crippen LogP contribution in [0.2, 0.25) is 0 Å². The number of nitrogens with one attached hydrogen (secondary N) is 2. The molecular weight excluding hydrogens is 336 g/mol. The molecule has 2 amide bonds. The predicted molar refractivity (Wildman–Crippen MR) is 106 cm³/mol. The predicted octanol–water partition coefficient (Wildman–Crippen LogP) is 3.92. The van der Waals surface area contributed by atoms with Gasteiger partial charge in [0.15, 0.2) is 0 Å². The molecule has 0 aromatic heterocycles. The largest absolute Gasteiger partial charge is 0.356 e. The molecule has 0 saturated heterocycles. The lowest BCUT2D eigenvalue weighted by atomic mass is 9.49. The van der Waals surface area contributed by atoms with Crippen molar-refractivity contribution in [2.24, 2.45) is 23.2 Å². The van der Waals surface area contributed by atoms with Crippen molar-refractivity contribution in [2.45, 2.75) is 64.3 Å². The lowest BCUT2D eigenvalue weighted by molar-refractivity contribution is -0.121. The van der Waals surface area contributed by atoms with Crippen LogP contribution in [0, 0.1) is 23.2 Å². The van der Waals surface area contributed by atoms with Crippen LogP contribution in [0.5, 0.6) is 0 Å². The molecule has 146 valence electrons. The van der Waals surface area contributed by atoms with E-state index in [4.69, 9.17) is 0 Å². The molecule has 4 bridgehead atoms. The topological polar surface area (TPSA) is 58.2 Å². The second-order valence-electron chi connectivity index (χ2n) is 9.46. The Hall–Kier alpha value is -1.84. The summed E-state index contributed by atoms with van der Waals surface area (Å²) in [5.74, 6) is 2.80. The quantitative estimate of drug-likeness (QED) is 0.766. The molecule has 27 heavy (non-hydrogen) atoms. The van der Waals surface area contributed by atoms with Crippen LogP contribution in [0.25, 0.3) is 0 Å². The van der Waals surface area contributed by atoms with Crippen molar-refractivity contribution >= 4 is 11.8 Å². The van der Waals surface area contributed by atoms with Crippen LogP contribution in [0.4, 0.5) is 0 Å². The van der Waals surface area contributed by atoms with Crippen molar-refractivity contribution in [3.8, 4) is 0 Å². The summed E-state index contributed by atoms with van der Waals surface area (Å²) in [6.07, 6.45) is 10.0. The molecule has 1 aromatic carbocycles. The molecule has 4 aliphatic carbocycles. The molecule has 4 fully saturated rings. The standard InChI is InChI=1S/C23H32N2O2/c1-16(25-22(27)20-5-3-2-4-6-20)9-21(26)24-8-7-23-13-17-10-18(14-23)12-19(11-17)15-23/h2-6,16-19H,7-15H2,1H3,(H,24,26)(H,25,27). The minimum Gasteiger partial charge on any atom is -0.356 e. The Bertz CT molecular complexity index is 650. The van der Waals surface area contributed by atoms with Crippen LogP contribution in [0.1, 0.15) is 68.6 Å². The summed E-state index contributed by atoms with van der Waals surface area (Å²) in [5.41, 5.74) is 1.14. The fourth-order valence-electron chi connectivity index (χ4n) is 6.36. The summed E-state index contributed by atoms with van der Waals surface area (Å²) >= 11 is 0. The lowest BCUT2D eigenvalue weighted by Gasteiger charge is -2.57. The molecule has 4 heteroatoms. The molecule has 4 aliphatic rings. The van der Waals surface area contributed by atoms with Crippen molar-refractivity contribution in [3.05, 3.63) is 35.9 Å². The van der Waals surface area contributed by atoms with E-state index >= 15 is 0 Å². The highest BCUT2D eigenvalue weighted by Gasteiger charge is 2.50. The minimum absolute atomic E-state index is 0.0422. The van der Waals surface area contributed by atoms with Gasteiger partial charge in [0.1, 0.15) is 0 Å². The zero-order chi connectivity index (χ0) is 18.9. The van der Waals surface area contributed by atoms with Gasteiger partial charge in [-0.05, 0) is 87.2 Å². The first-order valence-electron chi connectivity index (χ1n) is 10.6. The molecule has 1 aromatic rings. The first kappa shape index (κ1) is 18.5. The van der Waals surface area contributed by atoms with Gasteiger partial charge in [0, 0.05) is 24.6 Å². The van der Waals surface area contributed by atoms with Crippen LogP contribution in [-0.4, -0.2) is 24.4 Å². The normalized spacial score (nSPS) is 32.1. The smallest absolute Gasteiger partial charge is 0.251 e. The summed E-state index contributed by atoms with van der Waals surface area (Å²) in [5, 5.41) is 6.02. The number of hydrogen-bond donors (Lipinski definition) is 2. The van der Waals surface area contributed by atoms with E-state index in [0.29, 0.717) is 17.4 Å². The molecule has 0 heterocycles. The molecule has 0 radical (unpaired) electrons. The Balaban J connectivity index is 1.19. The van der Waals surface area contributed by atoms with Crippen molar-refractivity contribution in [1.82, 2.24) is 10.6 Å². The summed E-state index contributed by atoms with van der Waals surface area (Å²) in [4.78, 5) is 24.5. The first-order chi connectivity index (χ1) is 13.0. The Kier molecular flexibility index (Phi) is 5.25. The van der Waals surface area contributed by atoms with E-state index in [2.05, 4.69) is 10.6 Å². The van der Waals surface area contributed by atoms with E-state index in [9.17, 15) is 9.59 Å². The molecular formula is C23H32N2O2. The summed E-state index contributed by atoms with van der Waals surface area (Å²) in [7, 11) is 0. The van der Waals surface area contributed by atoms with Gasteiger partial charge < -0.3 is 10.6 Å². The molecule has 4 nitrogen and oxygen atoms in total. The zero-order valence-electron chi connectivity index (χ0n) is 16.4. The van der Waals surface area contributed by atoms with Gasteiger partial charge in [0.25, 0.3) is 5.91 Å². The maximum atomic E-state index is 12.3. The van der Waals surface area contributed by atoms with Crippen LogP contribution in [0.3, 0.4) is 0 Å². The average Bonchev–Trinajstić information content (AvgIpc) is 2.61. The van der Waals surface area contributed by atoms with Crippen molar-refractivity contribution in [1.29, 1.82) is 0 Å². The fraction of sp³-hybridized carbons (Fsp3) is 0.652. The minimum atomic E-state index is -0.169. The van der Waals surface area contributed by atoms with E-state index in [1.165, 1.54) is 38.5 Å². The number of benzene rings is 1. The number of carbonyl (C=O) groups is 2. The number of rotatable bonds is 7. The molecule has 5 rings (SSSR count). The highest BCUT2D eigenvalue weighted by atomic mass is 16.2. The van der Waals surface area contributed by atoms with Crippen molar-refractivity contribution < 1.29 is 9.59 Å². The first-order valence-corrected chi connectivity index (χ1v) is 10.6. The molecule has 1 unspecified atom stereocenters. The van der Waals surface area contributed by atoms with E-state index < -0.39 is 0 Å². The molecule has 0 aliphatic heterocycles. The summed E-state index contributed by atoms with van der Waals surface area (Å²) < 4.78 is 0. The van der Waals surface area contributed by atoms with E-state index in [1.54, 1.807) is 12.1 Å². The SMILES string of the molecule is CC(CC(=O)NCCC12CC3CC(CC(C3)C1)C2)NC(=O)c1ccccc1. The fourth-order valence-corrected chi connectivity index (χ4v) is 6.36. The third-order valence-corrected chi connectivity index (χ3v) is 7.05. The van der Waals surface area contributed by atoms with Gasteiger partial charge in [-0.15, -0.1) is 0 Å². The van der Waals surface area contributed by atoms with Crippen LogP contribution < -0.4 is 10.6 Å². The summed E-state index contributed by atoms with van der Waals surface area (Å²) in [6, 6.07) is 8.98. The van der Waals surface area contributed by atoms with Gasteiger partial charge in [-0.2, -0.15) is 0 Å². The van der Waals surface area contributed by atoms with Gasteiger partial charge in [0.2, 0.25) is 5.91 Å². The third kappa shape index (κ3) is 4.36. The van der Waals surface area contributed by atoms with Gasteiger partial charge in [-0.1, -0.05) is 18.2 Å². The van der Waals surface area contributed by atoms with Crippen molar-refractivity contribution in [3.63, 3.8) is 0 Å². The van der Waals surface area contributed by atoms with Crippen LogP contribution in [0.15, 0.2) is 30.3 Å². The Morgan fingerprint density at radius 1 is 1.04 bits per heavy atom. The Morgan fingerprint density at radius 3 is 2.22 bits per heavy atom. The maximum Gasteiger partial charge on any atom is 0.251 e. The Labute approximate surface area is 162 Å². The molecule has 2 N–H and O–H groups in total. The second kappa shape index (κ2) is 7.65. The van der Waals surface area contributed by atoms with Crippen LogP contribution in [-0.2, 0) is 4.79 Å². The van der Waals surface area contributed by atoms with Gasteiger partial charge >= 0.3 is 0 Å². The Morgan fingerprint density at radius 2 is 1.63 bits per heavy atom. The molecule has 1 atom stereocenters. The van der Waals surface area contributed by atoms with E-state index in [0.717, 1.165) is 30.7 Å². The maximum absolute atomic E-state index is 12.3. The average molecular weight is 369 g/mol. The number of amides is 2. The van der Waals surface area contributed by atoms with E-state index in [1.807, 2.05) is 25.1 Å². The third-order valence-electron chi connectivity index (χ3n) is 7.05. The summed E-state index contributed by atoms with van der Waals surface area (Å²) in [6.45, 7) is 2.67. The van der Waals surface area contributed by atoms with Gasteiger partial charge in [-0.3, -0.25) is 9.59 Å². The van der Waals surface area contributed by atoms with Crippen molar-refractivity contribution in [2.75, 3.05) is 6.54 Å². The second-order valence-corrected chi connectivity index (χ2v) is 9.46. The monoisotopic (exact) mass is 368 g/mol. The number of hydrogen-bond acceptors (Lipinski definition) is 2. The highest BCUT2D eigenvalue weighted by Crippen LogP contribution is 2.61. The molecule has 4 saturated carbocycles. The lowest BCUT2D eigenvalue weighted by Crippen LogP contribution is -2.47. The van der Waals surface area contributed by atoms with Gasteiger partial charge in [-0.25, -0.2) is 0 Å². The zero-order valence-corrected chi connectivity index (χ0v) is 16.4. The van der Waals surface area contributed by atoms with Gasteiger partial charge in [0.05, 0.1) is 0 Å². The molecule has 0 spiro atoms.